The van der Waals surface area contributed by atoms with E-state index in [9.17, 15) is 25.5 Å². The van der Waals surface area contributed by atoms with E-state index in [0.29, 0.717) is 5.69 Å². The Balaban J connectivity index is 0.000000678. The van der Waals surface area contributed by atoms with Gasteiger partial charge in [-0.25, -0.2) is 4.99 Å². The number of benzene rings is 2. The number of nitrogens with zero attached hydrogens (tertiary/aromatic N) is 3. The molecular weight excluding hydrogens is 515 g/mol. The van der Waals surface area contributed by atoms with E-state index in [0.717, 1.165) is 23.4 Å². The lowest BCUT2D eigenvalue weighted by Crippen LogP contribution is -2.54. The Morgan fingerprint density at radius 1 is 1.06 bits per heavy atom. The van der Waals surface area contributed by atoms with Crippen molar-refractivity contribution in [2.75, 3.05) is 16.0 Å². The Hall–Kier alpha value is -3.56. The molecule has 0 atom stereocenters. The normalized spacial score (nSPS) is 15.2. The van der Waals surface area contributed by atoms with Gasteiger partial charge in [0.2, 0.25) is 17.8 Å². The fraction of sp³-hybridized carbons (Fsp3) is 0.286. The molecule has 2 aromatic carbocycles. The lowest BCUT2D eigenvalue weighted by molar-refractivity contribution is -0.115. The van der Waals surface area contributed by atoms with Crippen LogP contribution in [-0.2, 0) is 31.6 Å². The highest BCUT2D eigenvalue weighted by atomic mass is 32.3. The molecule has 196 valence electrons. The summed E-state index contributed by atoms with van der Waals surface area (Å²) in [6, 6.07) is 12.0. The van der Waals surface area contributed by atoms with Crippen LogP contribution < -0.4 is 21.7 Å². The van der Waals surface area contributed by atoms with Crippen molar-refractivity contribution in [1.29, 1.82) is 0 Å². The number of rotatable bonds is 6. The number of hydrogen-bond acceptors (Lipinski definition) is 10. The number of guanidine groups is 2. The second-order valence-electron chi connectivity index (χ2n) is 7.99. The molecule has 1 amide bonds. The third-order valence-corrected chi connectivity index (χ3v) is 6.30. The quantitative estimate of drug-likeness (QED) is 0.309. The maximum atomic E-state index is 12.9. The van der Waals surface area contributed by atoms with E-state index in [2.05, 4.69) is 15.3 Å². The van der Waals surface area contributed by atoms with E-state index in [1.165, 1.54) is 19.1 Å². The second-order valence-corrected chi connectivity index (χ2v) is 11.1. The van der Waals surface area contributed by atoms with Crippen LogP contribution in [0, 0.1) is 0 Å². The number of halogens is 1. The van der Waals surface area contributed by atoms with Gasteiger partial charge in [0.25, 0.3) is 10.1 Å². The highest BCUT2D eigenvalue weighted by Gasteiger charge is 2.32. The van der Waals surface area contributed by atoms with Gasteiger partial charge in [0.15, 0.2) is 0 Å². The van der Waals surface area contributed by atoms with Gasteiger partial charge in [-0.2, -0.15) is 21.8 Å². The summed E-state index contributed by atoms with van der Waals surface area (Å²) < 4.78 is 61.5. The Kier molecular flexibility index (Phi) is 8.77. The minimum atomic E-state index is -4.77. The van der Waals surface area contributed by atoms with Crippen molar-refractivity contribution in [3.8, 4) is 0 Å². The number of hydrogen-bond donors (Lipinski definition) is 4. The molecule has 0 saturated carbocycles. The van der Waals surface area contributed by atoms with Gasteiger partial charge in [-0.05, 0) is 62.7 Å². The molecule has 0 bridgehead atoms. The second kappa shape index (κ2) is 11.0. The van der Waals surface area contributed by atoms with Crippen molar-refractivity contribution in [2.24, 2.45) is 21.5 Å². The minimum absolute atomic E-state index is 0.0848. The summed E-state index contributed by atoms with van der Waals surface area (Å²) >= 11 is 0. The van der Waals surface area contributed by atoms with Gasteiger partial charge >= 0.3 is 10.2 Å². The molecule has 0 spiro atoms. The topological polar surface area (TPSA) is 198 Å². The molecule has 3 rings (SSSR count). The molecule has 0 aliphatic carbocycles. The molecule has 36 heavy (non-hydrogen) atoms. The molecule has 15 heteroatoms. The van der Waals surface area contributed by atoms with Crippen LogP contribution in [0.15, 0.2) is 63.4 Å². The van der Waals surface area contributed by atoms with Crippen LogP contribution in [0.3, 0.4) is 0 Å². The molecule has 6 N–H and O–H groups in total. The third kappa shape index (κ3) is 8.28. The van der Waals surface area contributed by atoms with Gasteiger partial charge in [0.1, 0.15) is 5.66 Å². The van der Waals surface area contributed by atoms with E-state index in [4.69, 9.17) is 16.0 Å². The Bertz CT molecular complexity index is 1370. The molecule has 0 radical (unpaired) electrons. The number of nitrogens with one attached hydrogen (secondary N) is 1. The molecule has 12 nitrogen and oxygen atoms in total. The molecule has 0 unspecified atom stereocenters. The van der Waals surface area contributed by atoms with E-state index in [1.807, 2.05) is 13.8 Å². The van der Waals surface area contributed by atoms with E-state index >= 15 is 0 Å². The summed E-state index contributed by atoms with van der Waals surface area (Å²) in [7, 11) is -8.44. The first-order chi connectivity index (χ1) is 16.5. The molecule has 1 aliphatic heterocycles. The van der Waals surface area contributed by atoms with Crippen molar-refractivity contribution in [1.82, 2.24) is 0 Å². The van der Waals surface area contributed by atoms with Crippen molar-refractivity contribution in [3.63, 3.8) is 0 Å². The fourth-order valence-corrected chi connectivity index (χ4v) is 3.57. The van der Waals surface area contributed by atoms with Crippen molar-refractivity contribution >= 4 is 49.5 Å². The van der Waals surface area contributed by atoms with Crippen LogP contribution in [-0.4, -0.2) is 50.6 Å². The van der Waals surface area contributed by atoms with Crippen LogP contribution in [0.5, 0.6) is 0 Å². The number of amides is 1. The van der Waals surface area contributed by atoms with Gasteiger partial charge < -0.3 is 16.8 Å². The van der Waals surface area contributed by atoms with E-state index < -0.39 is 30.9 Å². The Morgan fingerprint density at radius 3 is 2.03 bits per heavy atom. The first kappa shape index (κ1) is 28.7. The summed E-state index contributed by atoms with van der Waals surface area (Å²) in [6.07, 6.45) is 0.0848. The first-order valence-electron chi connectivity index (χ1n) is 10.4. The zero-order valence-corrected chi connectivity index (χ0v) is 21.3. The van der Waals surface area contributed by atoms with Crippen LogP contribution >= 0.6 is 0 Å². The number of anilines is 2. The number of nitrogens with two attached hydrogens (primary N) is 2. The molecule has 0 saturated heterocycles. The zero-order chi connectivity index (χ0) is 27.3. The first-order valence-corrected chi connectivity index (χ1v) is 13.4. The standard InChI is InChI=1S/C19H21FN6O3S.C2H6O3S/c1-19(2)25-17(21)24-18(22)26(19)14-7-3-12(4-8-14)11-16(27)23-13-5-9-15(10-6-13)30(20,28)29;1-2-6(3,4)5/h3-10H,11H2,1-2H3,(H,23,27)(H4,21,22,24,25);2H2,1H3,(H,3,4,5). The van der Waals surface area contributed by atoms with Gasteiger partial charge in [-0.1, -0.05) is 12.1 Å². The van der Waals surface area contributed by atoms with E-state index in [1.54, 1.807) is 29.2 Å². The molecule has 2 aromatic rings. The number of carbonyl (C=O) groups excluding carboxylic acids is 1. The zero-order valence-electron chi connectivity index (χ0n) is 19.7. The lowest BCUT2D eigenvalue weighted by atomic mass is 10.1. The molecule has 1 heterocycles. The van der Waals surface area contributed by atoms with Crippen molar-refractivity contribution < 1.29 is 30.1 Å². The van der Waals surface area contributed by atoms with Gasteiger partial charge in [0, 0.05) is 11.4 Å². The van der Waals surface area contributed by atoms with Crippen LogP contribution in [0.25, 0.3) is 0 Å². The third-order valence-electron chi connectivity index (χ3n) is 4.74. The van der Waals surface area contributed by atoms with E-state index in [-0.39, 0.29) is 30.0 Å². The monoisotopic (exact) mass is 542 g/mol. The maximum Gasteiger partial charge on any atom is 0.332 e. The summed E-state index contributed by atoms with van der Waals surface area (Å²) in [4.78, 5) is 21.8. The smallest absolute Gasteiger partial charge is 0.332 e. The Morgan fingerprint density at radius 2 is 1.58 bits per heavy atom. The number of carbonyl (C=O) groups is 1. The average molecular weight is 543 g/mol. The minimum Gasteiger partial charge on any atom is -0.369 e. The van der Waals surface area contributed by atoms with Crippen molar-refractivity contribution in [3.05, 3.63) is 54.1 Å². The van der Waals surface area contributed by atoms with Gasteiger partial charge in [-0.15, -0.1) is 3.89 Å². The predicted octanol–water partition coefficient (Wildman–Crippen LogP) is 1.61. The highest BCUT2D eigenvalue weighted by molar-refractivity contribution is 7.86. The maximum absolute atomic E-state index is 12.9. The van der Waals surface area contributed by atoms with Crippen LogP contribution in [0.1, 0.15) is 26.3 Å². The van der Waals surface area contributed by atoms with Crippen LogP contribution in [0.2, 0.25) is 0 Å². The van der Waals surface area contributed by atoms with Crippen molar-refractivity contribution in [2.45, 2.75) is 37.8 Å². The van der Waals surface area contributed by atoms with Gasteiger partial charge in [-0.3, -0.25) is 14.2 Å². The fourth-order valence-electron chi connectivity index (χ4n) is 3.11. The SMILES string of the molecule is CC1(C)N=C(N)N=C(N)N1c1ccc(CC(=O)Nc2ccc(S(=O)(=O)F)cc2)cc1.CCS(=O)(=O)O. The highest BCUT2D eigenvalue weighted by Crippen LogP contribution is 2.27. The lowest BCUT2D eigenvalue weighted by Gasteiger charge is -2.38. The van der Waals surface area contributed by atoms with Gasteiger partial charge in [0.05, 0.1) is 17.1 Å². The molecule has 0 aromatic heterocycles. The Labute approximate surface area is 208 Å². The summed E-state index contributed by atoms with van der Waals surface area (Å²) in [5.74, 6) is -0.182. The molecule has 1 aliphatic rings. The summed E-state index contributed by atoms with van der Waals surface area (Å²) in [6.45, 7) is 5.07. The predicted molar refractivity (Wildman–Crippen MR) is 135 cm³/mol. The largest absolute Gasteiger partial charge is 0.369 e. The summed E-state index contributed by atoms with van der Waals surface area (Å²) in [5.41, 5.74) is 12.8. The molecular formula is C21H27FN6O6S2. The number of aliphatic imine (C=N–C) groups is 2. The molecule has 0 fully saturated rings. The average Bonchev–Trinajstić information content (AvgIpc) is 2.73. The summed E-state index contributed by atoms with van der Waals surface area (Å²) in [5, 5.41) is 2.63. The van der Waals surface area contributed by atoms with Crippen LogP contribution in [0.4, 0.5) is 15.3 Å².